The van der Waals surface area contributed by atoms with E-state index >= 15 is 0 Å². The molecule has 4 nitrogen and oxygen atoms in total. The van der Waals surface area contributed by atoms with Crippen molar-refractivity contribution in [2.24, 2.45) is 0 Å². The van der Waals surface area contributed by atoms with Gasteiger partial charge in [-0.25, -0.2) is 0 Å². The first-order valence-corrected chi connectivity index (χ1v) is 13.5. The fourth-order valence-electron chi connectivity index (χ4n) is 5.88. The standard InChI is InChI=1S/C36H32O4/c1-34(27-17-7-2-8-18-27)39-32(35(37,28-19-9-3-10-20-28)29-21-11-4-12-22-29)33(40-34)36(38,30-23-13-5-14-24-30)31-25-15-6-16-26-31/h2-26,32-33,37-38H,1H3. The lowest BCUT2D eigenvalue weighted by molar-refractivity contribution is -0.193. The SMILES string of the molecule is CC1(c2ccccc2)OC(C(O)(c2ccccc2)c2ccccc2)C(C(O)(c2ccccc2)c2ccccc2)O1. The Morgan fingerprint density at radius 2 is 0.700 bits per heavy atom. The summed E-state index contributed by atoms with van der Waals surface area (Å²) in [4.78, 5) is 0. The number of ether oxygens (including phenoxy) is 2. The molecular weight excluding hydrogens is 496 g/mol. The number of aliphatic hydroxyl groups is 2. The molecule has 0 amide bonds. The number of benzene rings is 5. The van der Waals surface area contributed by atoms with Crippen LogP contribution < -0.4 is 0 Å². The second-order valence-electron chi connectivity index (χ2n) is 10.4. The van der Waals surface area contributed by atoms with E-state index in [1.807, 2.05) is 159 Å². The van der Waals surface area contributed by atoms with Crippen LogP contribution in [-0.2, 0) is 26.5 Å². The summed E-state index contributed by atoms with van der Waals surface area (Å²) in [5.74, 6) is -1.26. The average molecular weight is 529 g/mol. The topological polar surface area (TPSA) is 58.9 Å². The van der Waals surface area contributed by atoms with Gasteiger partial charge in [0.05, 0.1) is 0 Å². The van der Waals surface area contributed by atoms with Crippen LogP contribution in [0.15, 0.2) is 152 Å². The summed E-state index contributed by atoms with van der Waals surface area (Å²) in [5, 5.41) is 25.9. The van der Waals surface area contributed by atoms with Gasteiger partial charge in [0.15, 0.2) is 5.79 Å². The lowest BCUT2D eigenvalue weighted by Crippen LogP contribution is -2.54. The molecule has 0 spiro atoms. The van der Waals surface area contributed by atoms with Gasteiger partial charge in [-0.05, 0) is 29.2 Å². The minimum Gasteiger partial charge on any atom is -0.378 e. The smallest absolute Gasteiger partial charge is 0.193 e. The molecule has 0 saturated carbocycles. The molecule has 2 N–H and O–H groups in total. The van der Waals surface area contributed by atoms with Gasteiger partial charge >= 0.3 is 0 Å². The first kappa shape index (κ1) is 26.2. The summed E-state index contributed by atoms with van der Waals surface area (Å²) in [6.07, 6.45) is -2.04. The van der Waals surface area contributed by atoms with E-state index in [2.05, 4.69) is 0 Å². The van der Waals surface area contributed by atoms with Crippen LogP contribution in [0.1, 0.15) is 34.7 Å². The van der Waals surface area contributed by atoms with Crippen molar-refractivity contribution in [3.8, 4) is 0 Å². The molecule has 0 bridgehead atoms. The molecule has 1 aliphatic rings. The fourth-order valence-corrected chi connectivity index (χ4v) is 5.88. The van der Waals surface area contributed by atoms with Crippen molar-refractivity contribution in [3.05, 3.63) is 179 Å². The van der Waals surface area contributed by atoms with Gasteiger partial charge in [0.25, 0.3) is 0 Å². The Bertz CT molecular complexity index is 1350. The minimum absolute atomic E-state index is 0.639. The maximum Gasteiger partial charge on any atom is 0.193 e. The van der Waals surface area contributed by atoms with Crippen LogP contribution in [0, 0.1) is 0 Å². The molecule has 4 heteroatoms. The van der Waals surface area contributed by atoms with Crippen molar-refractivity contribution in [2.75, 3.05) is 0 Å². The predicted molar refractivity (Wildman–Crippen MR) is 155 cm³/mol. The highest BCUT2D eigenvalue weighted by atomic mass is 16.8. The van der Waals surface area contributed by atoms with E-state index in [1.54, 1.807) is 0 Å². The highest BCUT2D eigenvalue weighted by molar-refractivity contribution is 5.44. The Kier molecular flexibility index (Phi) is 6.87. The molecule has 0 aromatic heterocycles. The zero-order valence-electron chi connectivity index (χ0n) is 22.3. The van der Waals surface area contributed by atoms with Crippen LogP contribution >= 0.6 is 0 Å². The Labute approximate surface area is 235 Å². The van der Waals surface area contributed by atoms with Crippen LogP contribution in [-0.4, -0.2) is 22.4 Å². The molecule has 1 saturated heterocycles. The molecule has 1 fully saturated rings. The van der Waals surface area contributed by atoms with Gasteiger partial charge < -0.3 is 19.7 Å². The minimum atomic E-state index is -1.67. The van der Waals surface area contributed by atoms with E-state index in [4.69, 9.17) is 9.47 Å². The maximum atomic E-state index is 12.9. The third-order valence-electron chi connectivity index (χ3n) is 7.96. The van der Waals surface area contributed by atoms with Crippen LogP contribution in [0.25, 0.3) is 0 Å². The lowest BCUT2D eigenvalue weighted by atomic mass is 9.72. The van der Waals surface area contributed by atoms with Crippen molar-refractivity contribution in [3.63, 3.8) is 0 Å². The zero-order valence-corrected chi connectivity index (χ0v) is 22.3. The zero-order chi connectivity index (χ0) is 27.6. The van der Waals surface area contributed by atoms with E-state index in [1.165, 1.54) is 0 Å². The molecule has 1 heterocycles. The molecule has 40 heavy (non-hydrogen) atoms. The Morgan fingerprint density at radius 3 is 0.975 bits per heavy atom. The molecular formula is C36H32O4. The predicted octanol–water partition coefficient (Wildman–Crippen LogP) is 6.52. The second-order valence-corrected chi connectivity index (χ2v) is 10.4. The molecule has 2 atom stereocenters. The monoisotopic (exact) mass is 528 g/mol. The summed E-state index contributed by atoms with van der Waals surface area (Å²) >= 11 is 0. The van der Waals surface area contributed by atoms with Gasteiger partial charge in [0.2, 0.25) is 0 Å². The third-order valence-corrected chi connectivity index (χ3v) is 7.96. The molecule has 6 rings (SSSR count). The van der Waals surface area contributed by atoms with Crippen molar-refractivity contribution in [1.29, 1.82) is 0 Å². The molecule has 2 unspecified atom stereocenters. The highest BCUT2D eigenvalue weighted by Gasteiger charge is 2.62. The highest BCUT2D eigenvalue weighted by Crippen LogP contribution is 2.52. The Morgan fingerprint density at radius 1 is 0.450 bits per heavy atom. The summed E-state index contributed by atoms with van der Waals surface area (Å²) in [6.45, 7) is 1.85. The van der Waals surface area contributed by atoms with Gasteiger partial charge in [-0.2, -0.15) is 0 Å². The van der Waals surface area contributed by atoms with Crippen LogP contribution in [0.4, 0.5) is 0 Å². The average Bonchev–Trinajstić information content (AvgIpc) is 3.42. The maximum absolute atomic E-state index is 12.9. The van der Waals surface area contributed by atoms with Gasteiger partial charge in [-0.1, -0.05) is 152 Å². The molecule has 5 aromatic rings. The van der Waals surface area contributed by atoms with Crippen molar-refractivity contribution in [1.82, 2.24) is 0 Å². The number of hydrogen-bond acceptors (Lipinski definition) is 4. The van der Waals surface area contributed by atoms with E-state index in [9.17, 15) is 10.2 Å². The van der Waals surface area contributed by atoms with Gasteiger partial charge in [0.1, 0.15) is 23.4 Å². The first-order valence-electron chi connectivity index (χ1n) is 13.5. The van der Waals surface area contributed by atoms with Crippen LogP contribution in [0.3, 0.4) is 0 Å². The van der Waals surface area contributed by atoms with Crippen LogP contribution in [0.5, 0.6) is 0 Å². The number of hydrogen-bond donors (Lipinski definition) is 2. The Balaban J connectivity index is 1.63. The second kappa shape index (κ2) is 10.5. The fraction of sp³-hybridized carbons (Fsp3) is 0.167. The largest absolute Gasteiger partial charge is 0.378 e. The van der Waals surface area contributed by atoms with Gasteiger partial charge in [-0.3, -0.25) is 0 Å². The van der Waals surface area contributed by atoms with Crippen molar-refractivity contribution >= 4 is 0 Å². The van der Waals surface area contributed by atoms with E-state index in [-0.39, 0.29) is 0 Å². The molecule has 5 aromatic carbocycles. The van der Waals surface area contributed by atoms with Crippen molar-refractivity contribution in [2.45, 2.75) is 36.1 Å². The summed E-state index contributed by atoms with van der Waals surface area (Å²) in [5.41, 5.74) is 0.00549. The normalized spacial score (nSPS) is 21.3. The third kappa shape index (κ3) is 4.36. The van der Waals surface area contributed by atoms with E-state index in [0.29, 0.717) is 22.3 Å². The number of rotatable bonds is 7. The molecule has 0 radical (unpaired) electrons. The van der Waals surface area contributed by atoms with Gasteiger partial charge in [0, 0.05) is 5.56 Å². The Hall–Kier alpha value is -4.06. The van der Waals surface area contributed by atoms with Gasteiger partial charge in [-0.15, -0.1) is 0 Å². The lowest BCUT2D eigenvalue weighted by Gasteiger charge is -2.42. The quantitative estimate of drug-likeness (QED) is 0.253. The van der Waals surface area contributed by atoms with E-state index in [0.717, 1.165) is 5.56 Å². The molecule has 1 aliphatic heterocycles. The van der Waals surface area contributed by atoms with Crippen LogP contribution in [0.2, 0.25) is 0 Å². The summed E-state index contributed by atoms with van der Waals surface area (Å²) in [6, 6.07) is 47.5. The molecule has 0 aliphatic carbocycles. The van der Waals surface area contributed by atoms with E-state index < -0.39 is 29.2 Å². The molecule has 200 valence electrons. The first-order chi connectivity index (χ1) is 19.5. The van der Waals surface area contributed by atoms with Crippen molar-refractivity contribution < 1.29 is 19.7 Å². The summed E-state index contributed by atoms with van der Waals surface area (Å²) in [7, 11) is 0. The summed E-state index contributed by atoms with van der Waals surface area (Å²) < 4.78 is 13.8.